The van der Waals surface area contributed by atoms with Gasteiger partial charge in [0.15, 0.2) is 0 Å². The normalized spacial score (nSPS) is 21.9. The Morgan fingerprint density at radius 1 is 1.38 bits per heavy atom. The van der Waals surface area contributed by atoms with E-state index in [0.717, 1.165) is 25.7 Å². The third-order valence-corrected chi connectivity index (χ3v) is 3.71. The number of piperidine rings is 1. The molecule has 3 nitrogen and oxygen atoms in total. The molecule has 1 unspecified atom stereocenters. The molecule has 0 aromatic rings. The highest BCUT2D eigenvalue weighted by Gasteiger charge is 2.25. The molecule has 0 saturated carbocycles. The summed E-state index contributed by atoms with van der Waals surface area (Å²) < 4.78 is 5.24. The third kappa shape index (κ3) is 4.04. The highest BCUT2D eigenvalue weighted by atomic mass is 16.5. The Morgan fingerprint density at radius 3 is 2.62 bits per heavy atom. The maximum absolute atomic E-state index is 5.24. The lowest BCUT2D eigenvalue weighted by molar-refractivity contribution is 0.0684. The van der Waals surface area contributed by atoms with Crippen LogP contribution in [0.1, 0.15) is 39.5 Å². The number of hydrogen-bond acceptors (Lipinski definition) is 3. The molecule has 1 saturated heterocycles. The second-order valence-electron chi connectivity index (χ2n) is 4.70. The number of hydrogen-bond donors (Lipinski definition) is 1. The molecule has 1 atom stereocenters. The zero-order valence-corrected chi connectivity index (χ0v) is 11.2. The van der Waals surface area contributed by atoms with E-state index < -0.39 is 0 Å². The zero-order valence-electron chi connectivity index (χ0n) is 11.2. The molecule has 0 aromatic carbocycles. The van der Waals surface area contributed by atoms with Crippen LogP contribution in [0.4, 0.5) is 0 Å². The highest BCUT2D eigenvalue weighted by molar-refractivity contribution is 4.82. The number of methoxy groups -OCH3 is 1. The average Bonchev–Trinajstić information content (AvgIpc) is 2.35. The van der Waals surface area contributed by atoms with Crippen molar-refractivity contribution in [3.05, 3.63) is 0 Å². The lowest BCUT2D eigenvalue weighted by atomic mass is 10.0. The quantitative estimate of drug-likeness (QED) is 0.720. The van der Waals surface area contributed by atoms with Crippen molar-refractivity contribution in [1.29, 1.82) is 0 Å². The molecule has 0 aromatic heterocycles. The molecular weight excluding hydrogens is 200 g/mol. The van der Waals surface area contributed by atoms with Crippen molar-refractivity contribution >= 4 is 0 Å². The van der Waals surface area contributed by atoms with Gasteiger partial charge in [-0.2, -0.15) is 0 Å². The molecule has 1 fully saturated rings. The van der Waals surface area contributed by atoms with Crippen molar-refractivity contribution in [2.75, 3.05) is 33.4 Å². The summed E-state index contributed by atoms with van der Waals surface area (Å²) in [6.45, 7) is 8.87. The Hall–Kier alpha value is -0.120. The fourth-order valence-corrected chi connectivity index (χ4v) is 2.73. The Labute approximate surface area is 101 Å². The van der Waals surface area contributed by atoms with Crippen LogP contribution in [0, 0.1) is 0 Å². The lowest BCUT2D eigenvalue weighted by Gasteiger charge is -2.39. The van der Waals surface area contributed by atoms with Gasteiger partial charge in [-0.3, -0.25) is 4.90 Å². The van der Waals surface area contributed by atoms with E-state index in [-0.39, 0.29) is 0 Å². The van der Waals surface area contributed by atoms with Crippen molar-refractivity contribution in [1.82, 2.24) is 10.2 Å². The van der Waals surface area contributed by atoms with Crippen LogP contribution in [0.25, 0.3) is 0 Å². The van der Waals surface area contributed by atoms with Crippen molar-refractivity contribution in [2.45, 2.75) is 51.6 Å². The first kappa shape index (κ1) is 13.9. The summed E-state index contributed by atoms with van der Waals surface area (Å²) in [4.78, 5) is 2.66. The molecule has 0 amide bonds. The maximum Gasteiger partial charge on any atom is 0.0589 e. The smallest absolute Gasteiger partial charge is 0.0589 e. The predicted molar refractivity (Wildman–Crippen MR) is 68.8 cm³/mol. The molecule has 0 radical (unpaired) electrons. The molecule has 0 spiro atoms. The second kappa shape index (κ2) is 8.04. The summed E-state index contributed by atoms with van der Waals surface area (Å²) in [5, 5.41) is 3.51. The average molecular weight is 228 g/mol. The van der Waals surface area contributed by atoms with Gasteiger partial charge >= 0.3 is 0 Å². The minimum Gasteiger partial charge on any atom is -0.383 e. The largest absolute Gasteiger partial charge is 0.383 e. The van der Waals surface area contributed by atoms with Gasteiger partial charge in [0, 0.05) is 32.3 Å². The molecule has 1 N–H and O–H groups in total. The topological polar surface area (TPSA) is 24.5 Å². The fourth-order valence-electron chi connectivity index (χ4n) is 2.73. The molecule has 3 heteroatoms. The van der Waals surface area contributed by atoms with Crippen LogP contribution < -0.4 is 5.32 Å². The Morgan fingerprint density at radius 2 is 2.12 bits per heavy atom. The summed E-state index contributed by atoms with van der Waals surface area (Å²) in [5.41, 5.74) is 0. The van der Waals surface area contributed by atoms with Gasteiger partial charge in [0.05, 0.1) is 6.61 Å². The Bertz CT molecular complexity index is 165. The van der Waals surface area contributed by atoms with Crippen molar-refractivity contribution < 1.29 is 4.74 Å². The van der Waals surface area contributed by atoms with Gasteiger partial charge in [-0.05, 0) is 32.2 Å². The number of nitrogens with one attached hydrogen (secondary N) is 1. The molecule has 1 aliphatic heterocycles. The number of ether oxygens (including phenoxy) is 1. The van der Waals surface area contributed by atoms with E-state index in [4.69, 9.17) is 4.74 Å². The summed E-state index contributed by atoms with van der Waals surface area (Å²) >= 11 is 0. The molecular formula is C13H28N2O. The molecule has 1 heterocycles. The molecule has 1 aliphatic rings. The third-order valence-electron chi connectivity index (χ3n) is 3.71. The molecule has 16 heavy (non-hydrogen) atoms. The molecule has 1 rings (SSSR count). The van der Waals surface area contributed by atoms with Crippen molar-refractivity contribution in [3.63, 3.8) is 0 Å². The lowest BCUT2D eigenvalue weighted by Crippen LogP contribution is -2.51. The molecule has 0 bridgehead atoms. The standard InChI is InChI=1S/C13H28N2O/c1-4-12(5-2)15(9-10-16-3)13-7-6-8-14-11-13/h12-14H,4-11H2,1-3H3. The Balaban J connectivity index is 2.52. The van der Waals surface area contributed by atoms with E-state index >= 15 is 0 Å². The van der Waals surface area contributed by atoms with Crippen molar-refractivity contribution in [3.8, 4) is 0 Å². The summed E-state index contributed by atoms with van der Waals surface area (Å²) in [7, 11) is 1.80. The van der Waals surface area contributed by atoms with Crippen LogP contribution in [0.5, 0.6) is 0 Å². The summed E-state index contributed by atoms with van der Waals surface area (Å²) in [6, 6.07) is 1.44. The first-order valence-corrected chi connectivity index (χ1v) is 6.78. The highest BCUT2D eigenvalue weighted by Crippen LogP contribution is 2.17. The van der Waals surface area contributed by atoms with Gasteiger partial charge in [0.1, 0.15) is 0 Å². The van der Waals surface area contributed by atoms with E-state index in [1.165, 1.54) is 32.2 Å². The van der Waals surface area contributed by atoms with Crippen LogP contribution in [0.2, 0.25) is 0 Å². The van der Waals surface area contributed by atoms with Crippen LogP contribution in [0.3, 0.4) is 0 Å². The van der Waals surface area contributed by atoms with E-state index in [2.05, 4.69) is 24.1 Å². The SMILES string of the molecule is CCC(CC)N(CCOC)C1CCCNC1. The monoisotopic (exact) mass is 228 g/mol. The minimum absolute atomic E-state index is 0.716. The van der Waals surface area contributed by atoms with Crippen LogP contribution in [0.15, 0.2) is 0 Å². The fraction of sp³-hybridized carbons (Fsp3) is 1.00. The van der Waals surface area contributed by atoms with E-state index in [9.17, 15) is 0 Å². The predicted octanol–water partition coefficient (Wildman–Crippen LogP) is 1.88. The maximum atomic E-state index is 5.24. The first-order valence-electron chi connectivity index (χ1n) is 6.78. The van der Waals surface area contributed by atoms with Gasteiger partial charge in [0.2, 0.25) is 0 Å². The minimum atomic E-state index is 0.716. The van der Waals surface area contributed by atoms with Crippen LogP contribution in [-0.4, -0.2) is 50.3 Å². The van der Waals surface area contributed by atoms with E-state index in [1.54, 1.807) is 7.11 Å². The van der Waals surface area contributed by atoms with Gasteiger partial charge < -0.3 is 10.1 Å². The number of rotatable bonds is 7. The Kier molecular flexibility index (Phi) is 7.01. The van der Waals surface area contributed by atoms with Crippen LogP contribution in [-0.2, 0) is 4.74 Å². The van der Waals surface area contributed by atoms with Gasteiger partial charge in [-0.15, -0.1) is 0 Å². The summed E-state index contributed by atoms with van der Waals surface area (Å²) in [6.07, 6.45) is 5.15. The van der Waals surface area contributed by atoms with Crippen LogP contribution >= 0.6 is 0 Å². The molecule has 96 valence electrons. The summed E-state index contributed by atoms with van der Waals surface area (Å²) in [5.74, 6) is 0. The molecule has 0 aliphatic carbocycles. The van der Waals surface area contributed by atoms with Gasteiger partial charge in [0.25, 0.3) is 0 Å². The van der Waals surface area contributed by atoms with Gasteiger partial charge in [-0.25, -0.2) is 0 Å². The van der Waals surface area contributed by atoms with Crippen molar-refractivity contribution in [2.24, 2.45) is 0 Å². The van der Waals surface area contributed by atoms with E-state index in [1.807, 2.05) is 0 Å². The van der Waals surface area contributed by atoms with Gasteiger partial charge in [-0.1, -0.05) is 13.8 Å². The zero-order chi connectivity index (χ0) is 11.8. The second-order valence-corrected chi connectivity index (χ2v) is 4.70. The number of nitrogens with zero attached hydrogens (tertiary/aromatic N) is 1. The first-order chi connectivity index (χ1) is 7.83. The van der Waals surface area contributed by atoms with E-state index in [0.29, 0.717) is 6.04 Å².